The van der Waals surface area contributed by atoms with Crippen LogP contribution in [0.5, 0.6) is 0 Å². The molecule has 0 aromatic heterocycles. The van der Waals surface area contributed by atoms with Crippen molar-refractivity contribution < 1.29 is 19.5 Å². The number of aliphatic carboxylic acids is 1. The molecule has 1 saturated heterocycles. The van der Waals surface area contributed by atoms with E-state index >= 15 is 0 Å². The maximum Gasteiger partial charge on any atom is 0.328 e. The normalized spacial score (nSPS) is 18.6. The van der Waals surface area contributed by atoms with Gasteiger partial charge in [0.1, 0.15) is 12.1 Å². The molecule has 1 fully saturated rings. The first-order valence-corrected chi connectivity index (χ1v) is 8.54. The van der Waals surface area contributed by atoms with Crippen LogP contribution in [0.3, 0.4) is 0 Å². The molecular formula is C19H23N3O4. The van der Waals surface area contributed by atoms with Crippen molar-refractivity contribution in [1.82, 2.24) is 9.80 Å². The van der Waals surface area contributed by atoms with Crippen LogP contribution in [0.15, 0.2) is 24.3 Å². The molecule has 138 valence electrons. The van der Waals surface area contributed by atoms with Gasteiger partial charge in [0.2, 0.25) is 0 Å². The summed E-state index contributed by atoms with van der Waals surface area (Å²) in [4.78, 5) is 39.7. The smallest absolute Gasteiger partial charge is 0.328 e. The molecule has 0 spiro atoms. The minimum Gasteiger partial charge on any atom is -0.480 e. The van der Waals surface area contributed by atoms with Gasteiger partial charge < -0.3 is 10.0 Å². The molecule has 1 heterocycles. The number of benzene rings is 1. The molecule has 7 heteroatoms. The third-order valence-corrected chi connectivity index (χ3v) is 4.51. The number of carboxylic acid groups (broad SMARTS) is 1. The lowest BCUT2D eigenvalue weighted by molar-refractivity contribution is -0.148. The molecule has 0 aliphatic carbocycles. The molecule has 2 atom stereocenters. The predicted molar refractivity (Wildman–Crippen MR) is 93.8 cm³/mol. The van der Waals surface area contributed by atoms with Crippen LogP contribution in [0.2, 0.25) is 0 Å². The molecule has 2 unspecified atom stereocenters. The summed E-state index contributed by atoms with van der Waals surface area (Å²) in [5, 5.41) is 18.4. The van der Waals surface area contributed by atoms with Crippen LogP contribution in [-0.2, 0) is 16.1 Å². The summed E-state index contributed by atoms with van der Waals surface area (Å²) in [5.74, 6) is -2.22. The number of hydrogen-bond donors (Lipinski definition) is 1. The van der Waals surface area contributed by atoms with Gasteiger partial charge in [-0.2, -0.15) is 5.26 Å². The first-order chi connectivity index (χ1) is 12.2. The van der Waals surface area contributed by atoms with Gasteiger partial charge in [0.25, 0.3) is 5.91 Å². The highest BCUT2D eigenvalue weighted by Gasteiger charge is 2.51. The molecule has 7 nitrogen and oxygen atoms in total. The predicted octanol–water partition coefficient (Wildman–Crippen LogP) is 2.46. The summed E-state index contributed by atoms with van der Waals surface area (Å²) >= 11 is 0. The van der Waals surface area contributed by atoms with Crippen molar-refractivity contribution in [3.05, 3.63) is 35.4 Å². The Kier molecular flexibility index (Phi) is 5.66. The molecule has 1 aromatic carbocycles. The number of imide groups is 1. The Morgan fingerprint density at radius 1 is 1.19 bits per heavy atom. The van der Waals surface area contributed by atoms with Gasteiger partial charge in [-0.15, -0.1) is 0 Å². The maximum absolute atomic E-state index is 12.9. The van der Waals surface area contributed by atoms with Crippen LogP contribution in [0.1, 0.15) is 38.8 Å². The van der Waals surface area contributed by atoms with Crippen molar-refractivity contribution in [2.24, 2.45) is 11.8 Å². The third kappa shape index (κ3) is 3.54. The standard InChI is InChI=1S/C19H23N3O4/c1-11(2)15-17(23)22(16(12(3)4)18(24)25)19(26)21(15)10-14-7-5-13(9-20)6-8-14/h5-8,11-12,15-16H,10H2,1-4H3,(H,24,25). The Bertz CT molecular complexity index is 749. The summed E-state index contributed by atoms with van der Waals surface area (Å²) < 4.78 is 0. The summed E-state index contributed by atoms with van der Waals surface area (Å²) in [7, 11) is 0. The molecule has 26 heavy (non-hydrogen) atoms. The minimum absolute atomic E-state index is 0.156. The average Bonchev–Trinajstić information content (AvgIpc) is 2.80. The van der Waals surface area contributed by atoms with Crippen molar-refractivity contribution in [3.8, 4) is 6.07 Å². The number of rotatable bonds is 6. The van der Waals surface area contributed by atoms with Gasteiger partial charge in [0, 0.05) is 6.54 Å². The highest BCUT2D eigenvalue weighted by atomic mass is 16.4. The zero-order valence-corrected chi connectivity index (χ0v) is 15.3. The van der Waals surface area contributed by atoms with Gasteiger partial charge in [-0.05, 0) is 29.5 Å². The number of amides is 3. The molecule has 3 amide bonds. The van der Waals surface area contributed by atoms with Crippen LogP contribution in [0, 0.1) is 23.2 Å². The van der Waals surface area contributed by atoms with E-state index < -0.39 is 35.9 Å². The topological polar surface area (TPSA) is 102 Å². The molecule has 1 N–H and O–H groups in total. The van der Waals surface area contributed by atoms with E-state index in [1.165, 1.54) is 4.90 Å². The second-order valence-corrected chi connectivity index (χ2v) is 7.14. The van der Waals surface area contributed by atoms with Gasteiger partial charge >= 0.3 is 12.0 Å². The van der Waals surface area contributed by atoms with Gasteiger partial charge in [-0.3, -0.25) is 4.79 Å². The number of hydrogen-bond acceptors (Lipinski definition) is 4. The highest BCUT2D eigenvalue weighted by Crippen LogP contribution is 2.29. The fraction of sp³-hybridized carbons (Fsp3) is 0.474. The summed E-state index contributed by atoms with van der Waals surface area (Å²) in [6.07, 6.45) is 0. The molecule has 0 saturated carbocycles. The second-order valence-electron chi connectivity index (χ2n) is 7.14. The highest BCUT2D eigenvalue weighted by molar-refractivity contribution is 6.07. The number of urea groups is 1. The van der Waals surface area contributed by atoms with E-state index in [4.69, 9.17) is 5.26 Å². The Balaban J connectivity index is 2.37. The summed E-state index contributed by atoms with van der Waals surface area (Å²) in [5.41, 5.74) is 1.28. The first-order valence-electron chi connectivity index (χ1n) is 8.54. The molecular weight excluding hydrogens is 334 g/mol. The Morgan fingerprint density at radius 2 is 1.77 bits per heavy atom. The fourth-order valence-electron chi connectivity index (χ4n) is 3.27. The van der Waals surface area contributed by atoms with Crippen molar-refractivity contribution in [2.45, 2.75) is 46.3 Å². The first kappa shape index (κ1) is 19.4. The Labute approximate surface area is 152 Å². The molecule has 1 aromatic rings. The fourth-order valence-corrected chi connectivity index (χ4v) is 3.27. The Hall–Kier alpha value is -2.88. The van der Waals surface area contributed by atoms with E-state index in [1.807, 2.05) is 19.9 Å². The van der Waals surface area contributed by atoms with Gasteiger partial charge in [-0.1, -0.05) is 39.8 Å². The van der Waals surface area contributed by atoms with Crippen LogP contribution in [-0.4, -0.2) is 44.9 Å². The van der Waals surface area contributed by atoms with Crippen LogP contribution in [0.4, 0.5) is 4.79 Å². The molecule has 1 aliphatic heterocycles. The largest absolute Gasteiger partial charge is 0.480 e. The van der Waals surface area contributed by atoms with Gasteiger partial charge in [-0.25, -0.2) is 14.5 Å². The number of carbonyl (C=O) groups is 3. The minimum atomic E-state index is -1.19. The number of nitrogens with zero attached hydrogens (tertiary/aromatic N) is 3. The van der Waals surface area contributed by atoms with Crippen LogP contribution >= 0.6 is 0 Å². The zero-order valence-electron chi connectivity index (χ0n) is 15.3. The molecule has 2 rings (SSSR count). The molecule has 1 aliphatic rings. The summed E-state index contributed by atoms with van der Waals surface area (Å²) in [6.45, 7) is 7.19. The van der Waals surface area contributed by atoms with Gasteiger partial charge in [0.15, 0.2) is 0 Å². The van der Waals surface area contributed by atoms with Crippen molar-refractivity contribution in [2.75, 3.05) is 0 Å². The number of nitriles is 1. The Morgan fingerprint density at radius 3 is 2.19 bits per heavy atom. The second kappa shape index (κ2) is 7.56. The molecule has 0 radical (unpaired) electrons. The lowest BCUT2D eigenvalue weighted by Crippen LogP contribution is -2.49. The quantitative estimate of drug-likeness (QED) is 0.788. The van der Waals surface area contributed by atoms with E-state index in [1.54, 1.807) is 38.1 Å². The van der Waals surface area contributed by atoms with Crippen molar-refractivity contribution >= 4 is 17.9 Å². The third-order valence-electron chi connectivity index (χ3n) is 4.51. The van der Waals surface area contributed by atoms with Crippen LogP contribution < -0.4 is 0 Å². The molecule has 0 bridgehead atoms. The zero-order chi connectivity index (χ0) is 19.6. The van der Waals surface area contributed by atoms with E-state index in [2.05, 4.69) is 0 Å². The monoisotopic (exact) mass is 357 g/mol. The van der Waals surface area contributed by atoms with Crippen LogP contribution in [0.25, 0.3) is 0 Å². The van der Waals surface area contributed by atoms with Gasteiger partial charge in [0.05, 0.1) is 11.6 Å². The maximum atomic E-state index is 12.9. The van der Waals surface area contributed by atoms with E-state index in [-0.39, 0.29) is 12.5 Å². The number of carbonyl (C=O) groups excluding carboxylic acids is 2. The van der Waals surface area contributed by atoms with Crippen molar-refractivity contribution in [3.63, 3.8) is 0 Å². The van der Waals surface area contributed by atoms with Crippen molar-refractivity contribution in [1.29, 1.82) is 5.26 Å². The SMILES string of the molecule is CC(C)C1C(=O)N(C(C(=O)O)C(C)C)C(=O)N1Cc1ccc(C#N)cc1. The average molecular weight is 357 g/mol. The lowest BCUT2D eigenvalue weighted by Gasteiger charge is -2.26. The lowest BCUT2D eigenvalue weighted by atomic mass is 10.00. The van der Waals surface area contributed by atoms with E-state index in [0.29, 0.717) is 5.56 Å². The van der Waals surface area contributed by atoms with E-state index in [0.717, 1.165) is 10.5 Å². The van der Waals surface area contributed by atoms with E-state index in [9.17, 15) is 19.5 Å². The number of carboxylic acids is 1. The summed E-state index contributed by atoms with van der Waals surface area (Å²) in [6, 6.07) is 6.30.